The Balaban J connectivity index is 1.39. The molecule has 4 fully saturated rings. The van der Waals surface area contributed by atoms with Gasteiger partial charge in [-0.3, -0.25) is 4.90 Å². The van der Waals surface area contributed by atoms with E-state index in [1.807, 2.05) is 0 Å². The fourth-order valence-corrected chi connectivity index (χ4v) is 7.32. The molecule has 0 spiro atoms. The second kappa shape index (κ2) is 10.1. The topological polar surface area (TPSA) is 52.9 Å². The first-order valence-electron chi connectivity index (χ1n) is 13.0. The van der Waals surface area contributed by atoms with Crippen LogP contribution < -0.4 is 0 Å². The van der Waals surface area contributed by atoms with E-state index in [0.717, 1.165) is 37.1 Å². The van der Waals surface area contributed by atoms with E-state index in [2.05, 4.69) is 44.4 Å². The van der Waals surface area contributed by atoms with E-state index in [0.29, 0.717) is 35.9 Å². The smallest absolute Gasteiger partial charge is 0.0809 e. The molecule has 2 N–H and O–H groups in total. The highest BCUT2D eigenvalue weighted by atomic mass is 16.5. The number of fused-ring (bicyclic) bond motifs is 1. The van der Waals surface area contributed by atoms with Crippen LogP contribution in [-0.2, 0) is 4.74 Å². The van der Waals surface area contributed by atoms with Crippen LogP contribution in [0.15, 0.2) is 35.5 Å². The van der Waals surface area contributed by atoms with E-state index < -0.39 is 12.2 Å². The Morgan fingerprint density at radius 1 is 1.22 bits per heavy atom. The number of rotatable bonds is 5. The maximum atomic E-state index is 10.2. The SMILES string of the molecule is C=C1[C@H](O)CC(=C/C=C2\CCC[C@]3(C)[C@@H](C(C)CCN4CCO[C@H](C)C4)CC[C@@H]23)C[C@H]1O. The highest BCUT2D eigenvalue weighted by Crippen LogP contribution is 2.59. The van der Waals surface area contributed by atoms with E-state index in [9.17, 15) is 10.2 Å². The number of ether oxygens (including phenoxy) is 1. The Labute approximate surface area is 195 Å². The quantitative estimate of drug-likeness (QED) is 0.595. The summed E-state index contributed by atoms with van der Waals surface area (Å²) in [6.07, 6.45) is 12.8. The molecule has 0 amide bonds. The summed E-state index contributed by atoms with van der Waals surface area (Å²) in [5, 5.41) is 20.3. The summed E-state index contributed by atoms with van der Waals surface area (Å²) in [5.74, 6) is 2.26. The Morgan fingerprint density at radius 2 is 1.97 bits per heavy atom. The Kier molecular flexibility index (Phi) is 7.66. The van der Waals surface area contributed by atoms with Crippen molar-refractivity contribution in [1.82, 2.24) is 4.90 Å². The van der Waals surface area contributed by atoms with E-state index >= 15 is 0 Å². The summed E-state index contributed by atoms with van der Waals surface area (Å²) in [6.45, 7) is 15.3. The fraction of sp³-hybridized carbons (Fsp3) is 0.786. The minimum Gasteiger partial charge on any atom is -0.388 e. The van der Waals surface area contributed by atoms with Crippen LogP contribution in [0, 0.1) is 23.2 Å². The number of morpholine rings is 1. The molecule has 32 heavy (non-hydrogen) atoms. The molecule has 0 aromatic heterocycles. The zero-order valence-electron chi connectivity index (χ0n) is 20.6. The predicted octanol–water partition coefficient (Wildman–Crippen LogP) is 4.87. The molecule has 7 atom stereocenters. The zero-order chi connectivity index (χ0) is 22.9. The van der Waals surface area contributed by atoms with Crippen molar-refractivity contribution >= 4 is 0 Å². The molecular formula is C28H45NO3. The summed E-state index contributed by atoms with van der Waals surface area (Å²) < 4.78 is 5.71. The molecule has 3 aliphatic carbocycles. The highest BCUT2D eigenvalue weighted by molar-refractivity contribution is 5.29. The number of aliphatic hydroxyl groups excluding tert-OH is 2. The van der Waals surface area contributed by atoms with Crippen LogP contribution in [0.4, 0.5) is 0 Å². The van der Waals surface area contributed by atoms with Crippen molar-refractivity contribution < 1.29 is 14.9 Å². The van der Waals surface area contributed by atoms with Gasteiger partial charge >= 0.3 is 0 Å². The molecule has 0 aromatic carbocycles. The molecule has 1 aliphatic heterocycles. The minimum atomic E-state index is -0.605. The third-order valence-corrected chi connectivity index (χ3v) is 9.25. The van der Waals surface area contributed by atoms with Crippen molar-refractivity contribution in [3.05, 3.63) is 35.5 Å². The molecule has 4 rings (SSSR count). The summed E-state index contributed by atoms with van der Waals surface area (Å²) in [5.41, 5.74) is 3.75. The summed E-state index contributed by atoms with van der Waals surface area (Å²) in [4.78, 5) is 2.60. The number of hydrogen-bond donors (Lipinski definition) is 2. The van der Waals surface area contributed by atoms with E-state index in [1.165, 1.54) is 45.1 Å². The van der Waals surface area contributed by atoms with Crippen LogP contribution in [0.2, 0.25) is 0 Å². The van der Waals surface area contributed by atoms with Crippen molar-refractivity contribution in [2.45, 2.75) is 90.4 Å². The highest BCUT2D eigenvalue weighted by Gasteiger charge is 2.50. The lowest BCUT2D eigenvalue weighted by Gasteiger charge is -2.44. The van der Waals surface area contributed by atoms with Gasteiger partial charge in [-0.1, -0.05) is 43.7 Å². The number of hydrogen-bond acceptors (Lipinski definition) is 4. The van der Waals surface area contributed by atoms with Gasteiger partial charge in [0.15, 0.2) is 0 Å². The van der Waals surface area contributed by atoms with E-state index in [-0.39, 0.29) is 0 Å². The molecule has 180 valence electrons. The standard InChI is InChI=1S/C28H45NO3/c1-19(11-13-29-14-15-32-20(2)18-29)24-9-10-25-23(6-5-12-28(24,25)4)8-7-22-16-26(30)21(3)27(31)17-22/h7-8,19-20,24-27,30-31H,3,5-6,9-18H2,1-2,4H3/b23-8+/t19?,20-,24-,25+,26-,27-,28-/m1/s1. The maximum absolute atomic E-state index is 10.2. The first-order valence-corrected chi connectivity index (χ1v) is 13.0. The van der Waals surface area contributed by atoms with Crippen molar-refractivity contribution in [1.29, 1.82) is 0 Å². The molecule has 0 radical (unpaired) electrons. The lowest BCUT2D eigenvalue weighted by Crippen LogP contribution is -2.42. The summed E-state index contributed by atoms with van der Waals surface area (Å²) in [6, 6.07) is 0. The van der Waals surface area contributed by atoms with Gasteiger partial charge in [-0.05, 0) is 93.6 Å². The van der Waals surface area contributed by atoms with Gasteiger partial charge in [0.2, 0.25) is 0 Å². The lowest BCUT2D eigenvalue weighted by molar-refractivity contribution is -0.0216. The first kappa shape index (κ1) is 24.2. The van der Waals surface area contributed by atoms with Crippen LogP contribution in [0.3, 0.4) is 0 Å². The third-order valence-electron chi connectivity index (χ3n) is 9.25. The van der Waals surface area contributed by atoms with Gasteiger partial charge in [0, 0.05) is 13.1 Å². The largest absolute Gasteiger partial charge is 0.388 e. The Bertz CT molecular complexity index is 727. The molecular weight excluding hydrogens is 398 g/mol. The molecule has 0 aromatic rings. The van der Waals surface area contributed by atoms with Gasteiger partial charge in [-0.2, -0.15) is 0 Å². The van der Waals surface area contributed by atoms with Gasteiger partial charge in [0.05, 0.1) is 24.9 Å². The summed E-state index contributed by atoms with van der Waals surface area (Å²) in [7, 11) is 0. The second-order valence-electron chi connectivity index (χ2n) is 11.4. The third kappa shape index (κ3) is 5.09. The predicted molar refractivity (Wildman–Crippen MR) is 130 cm³/mol. The Hall–Kier alpha value is -0.940. The van der Waals surface area contributed by atoms with Crippen LogP contribution in [-0.4, -0.2) is 59.7 Å². The van der Waals surface area contributed by atoms with Gasteiger partial charge in [-0.15, -0.1) is 0 Å². The number of allylic oxidation sites excluding steroid dienone is 3. The van der Waals surface area contributed by atoms with E-state index in [1.54, 1.807) is 5.57 Å². The zero-order valence-corrected chi connectivity index (χ0v) is 20.6. The normalized spacial score (nSPS) is 41.0. The lowest BCUT2D eigenvalue weighted by atomic mass is 9.61. The van der Waals surface area contributed by atoms with E-state index in [4.69, 9.17) is 4.74 Å². The van der Waals surface area contributed by atoms with Crippen LogP contribution in [0.1, 0.15) is 72.1 Å². The average molecular weight is 444 g/mol. The van der Waals surface area contributed by atoms with Crippen molar-refractivity contribution in [2.24, 2.45) is 23.2 Å². The molecule has 3 saturated carbocycles. The van der Waals surface area contributed by atoms with Gasteiger partial charge in [0.1, 0.15) is 0 Å². The van der Waals surface area contributed by atoms with Crippen LogP contribution in [0.25, 0.3) is 0 Å². The second-order valence-corrected chi connectivity index (χ2v) is 11.4. The Morgan fingerprint density at radius 3 is 2.69 bits per heavy atom. The molecule has 1 saturated heterocycles. The van der Waals surface area contributed by atoms with Crippen LogP contribution >= 0.6 is 0 Å². The molecule has 1 unspecified atom stereocenters. The van der Waals surface area contributed by atoms with Gasteiger partial charge in [-0.25, -0.2) is 0 Å². The van der Waals surface area contributed by atoms with Gasteiger partial charge < -0.3 is 14.9 Å². The van der Waals surface area contributed by atoms with Gasteiger partial charge in [0.25, 0.3) is 0 Å². The van der Waals surface area contributed by atoms with Crippen molar-refractivity contribution in [3.8, 4) is 0 Å². The first-order chi connectivity index (χ1) is 15.3. The fourth-order valence-electron chi connectivity index (χ4n) is 7.32. The number of aliphatic hydroxyl groups is 2. The average Bonchev–Trinajstić information content (AvgIpc) is 3.12. The molecule has 4 nitrogen and oxygen atoms in total. The van der Waals surface area contributed by atoms with Crippen molar-refractivity contribution in [3.63, 3.8) is 0 Å². The maximum Gasteiger partial charge on any atom is 0.0809 e. The monoisotopic (exact) mass is 443 g/mol. The van der Waals surface area contributed by atoms with Crippen molar-refractivity contribution in [2.75, 3.05) is 26.2 Å². The molecule has 4 aliphatic rings. The summed E-state index contributed by atoms with van der Waals surface area (Å²) >= 11 is 0. The number of nitrogens with zero attached hydrogens (tertiary/aromatic N) is 1. The molecule has 1 heterocycles. The minimum absolute atomic E-state index is 0.372. The van der Waals surface area contributed by atoms with Crippen LogP contribution in [0.5, 0.6) is 0 Å². The molecule has 0 bridgehead atoms. The molecule has 4 heteroatoms.